The average molecular weight is 1580 g/mol. The molecule has 0 aromatic rings. The highest BCUT2D eigenvalue weighted by Gasteiger charge is 2.31. The van der Waals surface area contributed by atoms with Gasteiger partial charge in [0, 0.05) is 25.7 Å². The molecule has 6 atom stereocenters. The number of phosphoric acid groups is 2. The maximum atomic E-state index is 13.2. The van der Waals surface area contributed by atoms with Crippen molar-refractivity contribution in [1.29, 1.82) is 0 Å². The quantitative estimate of drug-likeness (QED) is 0.0222. The maximum absolute atomic E-state index is 13.2. The van der Waals surface area contributed by atoms with Gasteiger partial charge < -0.3 is 33.8 Å². The number of unbranched alkanes of at least 4 members (excludes halogenated alkanes) is 54. The zero-order valence-corrected chi connectivity index (χ0v) is 73.1. The van der Waals surface area contributed by atoms with Crippen LogP contribution in [0.2, 0.25) is 0 Å². The van der Waals surface area contributed by atoms with E-state index in [4.69, 9.17) is 37.0 Å². The number of hydrogen-bond donors (Lipinski definition) is 3. The first-order valence-corrected chi connectivity index (χ1v) is 48.9. The van der Waals surface area contributed by atoms with Crippen molar-refractivity contribution in [3.05, 3.63) is 0 Å². The SMILES string of the molecule is CCCCCCCCCCCCCCCCCCCCCC(=O)OC[C@H](COP(=O)(O)OC[C@@H](O)COP(=O)(O)OC[C@@H](COC(=O)CCCCCCCCCC(C)C)OC(=O)CCCCCCCCCCCCCCCCC(C)CC)OC(=O)CCCCCCCCCCCCCCCCCCCCC(C)C. The molecule has 0 aliphatic rings. The van der Waals surface area contributed by atoms with E-state index in [1.807, 2.05) is 0 Å². The van der Waals surface area contributed by atoms with Gasteiger partial charge in [0.15, 0.2) is 12.2 Å². The number of aliphatic hydroxyl groups excluding tert-OH is 1. The van der Waals surface area contributed by atoms with Crippen LogP contribution in [-0.4, -0.2) is 96.7 Å². The molecule has 0 aromatic heterocycles. The monoisotopic (exact) mass is 1580 g/mol. The zero-order chi connectivity index (χ0) is 79.3. The smallest absolute Gasteiger partial charge is 0.462 e. The minimum Gasteiger partial charge on any atom is -0.462 e. The molecule has 642 valence electrons. The van der Waals surface area contributed by atoms with Crippen molar-refractivity contribution < 1.29 is 80.2 Å². The highest BCUT2D eigenvalue weighted by molar-refractivity contribution is 7.47. The van der Waals surface area contributed by atoms with Gasteiger partial charge in [0.2, 0.25) is 0 Å². The lowest BCUT2D eigenvalue weighted by molar-refractivity contribution is -0.161. The number of phosphoric ester groups is 2. The lowest BCUT2D eigenvalue weighted by Gasteiger charge is -2.21. The zero-order valence-electron chi connectivity index (χ0n) is 71.3. The van der Waals surface area contributed by atoms with E-state index in [0.717, 1.165) is 108 Å². The number of ether oxygens (including phenoxy) is 4. The molecule has 0 rings (SSSR count). The van der Waals surface area contributed by atoms with Gasteiger partial charge in [-0.25, -0.2) is 9.13 Å². The number of carbonyl (C=O) groups excluding carboxylic acids is 4. The fourth-order valence-electron chi connectivity index (χ4n) is 13.9. The molecule has 0 radical (unpaired) electrons. The molecular formula is C89H174O17P2. The van der Waals surface area contributed by atoms with Gasteiger partial charge in [-0.1, -0.05) is 421 Å². The van der Waals surface area contributed by atoms with E-state index in [1.54, 1.807) is 0 Å². The summed E-state index contributed by atoms with van der Waals surface area (Å²) in [7, 11) is -9.93. The molecule has 0 aliphatic heterocycles. The van der Waals surface area contributed by atoms with E-state index in [0.29, 0.717) is 31.6 Å². The summed E-state index contributed by atoms with van der Waals surface area (Å²) in [6.07, 6.45) is 70.9. The van der Waals surface area contributed by atoms with Crippen LogP contribution in [0.5, 0.6) is 0 Å². The Bertz CT molecular complexity index is 2080. The van der Waals surface area contributed by atoms with Crippen LogP contribution in [0.25, 0.3) is 0 Å². The predicted octanol–water partition coefficient (Wildman–Crippen LogP) is 27.3. The molecule has 0 aromatic carbocycles. The van der Waals surface area contributed by atoms with Crippen molar-refractivity contribution in [2.24, 2.45) is 17.8 Å². The summed E-state index contributed by atoms with van der Waals surface area (Å²) in [6, 6.07) is 0. The van der Waals surface area contributed by atoms with Crippen LogP contribution in [0, 0.1) is 17.8 Å². The molecule has 0 saturated carbocycles. The van der Waals surface area contributed by atoms with Crippen molar-refractivity contribution in [1.82, 2.24) is 0 Å². The Morgan fingerprint density at radius 3 is 0.704 bits per heavy atom. The molecule has 3 unspecified atom stereocenters. The fourth-order valence-corrected chi connectivity index (χ4v) is 15.4. The number of carbonyl (C=O) groups is 4. The van der Waals surface area contributed by atoms with Crippen molar-refractivity contribution >= 4 is 39.5 Å². The topological polar surface area (TPSA) is 237 Å². The van der Waals surface area contributed by atoms with E-state index in [1.165, 1.54) is 276 Å². The van der Waals surface area contributed by atoms with Crippen LogP contribution in [0.1, 0.15) is 472 Å². The number of rotatable bonds is 87. The molecular weight excluding hydrogens is 1400 g/mol. The molecule has 17 nitrogen and oxygen atoms in total. The average Bonchev–Trinajstić information content (AvgIpc) is 0.898. The van der Waals surface area contributed by atoms with Crippen LogP contribution >= 0.6 is 15.6 Å². The minimum absolute atomic E-state index is 0.107. The Kier molecular flexibility index (Phi) is 77.5. The lowest BCUT2D eigenvalue weighted by atomic mass is 9.99. The van der Waals surface area contributed by atoms with Gasteiger partial charge in [-0.3, -0.25) is 37.3 Å². The summed E-state index contributed by atoms with van der Waals surface area (Å²) in [4.78, 5) is 73.3. The number of aliphatic hydroxyl groups is 1. The van der Waals surface area contributed by atoms with Crippen LogP contribution in [0.4, 0.5) is 0 Å². The third-order valence-electron chi connectivity index (χ3n) is 21.2. The van der Waals surface area contributed by atoms with E-state index < -0.39 is 97.5 Å². The summed E-state index contributed by atoms with van der Waals surface area (Å²) >= 11 is 0. The second kappa shape index (κ2) is 78.9. The second-order valence-corrected chi connectivity index (χ2v) is 36.1. The Balaban J connectivity index is 5.23. The summed E-state index contributed by atoms with van der Waals surface area (Å²) in [5, 5.41) is 10.7. The number of esters is 4. The van der Waals surface area contributed by atoms with Gasteiger partial charge in [-0.15, -0.1) is 0 Å². The second-order valence-electron chi connectivity index (χ2n) is 33.2. The van der Waals surface area contributed by atoms with Gasteiger partial charge in [-0.2, -0.15) is 0 Å². The van der Waals surface area contributed by atoms with Gasteiger partial charge in [0.25, 0.3) is 0 Å². The van der Waals surface area contributed by atoms with Gasteiger partial charge in [0.1, 0.15) is 19.3 Å². The van der Waals surface area contributed by atoms with Crippen molar-refractivity contribution in [2.75, 3.05) is 39.6 Å². The third-order valence-corrected chi connectivity index (χ3v) is 23.1. The van der Waals surface area contributed by atoms with Crippen LogP contribution < -0.4 is 0 Å². The molecule has 108 heavy (non-hydrogen) atoms. The molecule has 0 saturated heterocycles. The van der Waals surface area contributed by atoms with Gasteiger partial charge >= 0.3 is 39.5 Å². The largest absolute Gasteiger partial charge is 0.472 e. The molecule has 19 heteroatoms. The molecule has 0 bridgehead atoms. The number of hydrogen-bond acceptors (Lipinski definition) is 15. The highest BCUT2D eigenvalue weighted by atomic mass is 31.2. The predicted molar refractivity (Wildman–Crippen MR) is 446 cm³/mol. The normalized spacial score (nSPS) is 14.1. The standard InChI is InChI=1S/C89H174O17P2/c1-8-10-11-12-13-14-15-16-17-18-19-23-26-32-37-42-49-56-63-70-86(91)99-76-84(105-88(93)72-65-58-50-43-38-33-27-24-21-20-22-25-30-35-40-46-53-60-67-80(3)4)78-103-107(95,96)101-74-83(90)75-102-108(97,98)104-79-85(77-100-87(92)71-64-57-52-45-47-54-61-68-81(5)6)106-89(94)73-66-59-51-44-39-34-29-28-31-36-41-48-55-62-69-82(7)9-2/h80-85,90H,8-79H2,1-7H3,(H,95,96)(H,97,98)/t82?,83-,84-,85-/m1/s1. The molecule has 0 amide bonds. The Labute approximate surface area is 664 Å². The molecule has 0 aliphatic carbocycles. The first-order chi connectivity index (χ1) is 52.3. The minimum atomic E-state index is -4.97. The Morgan fingerprint density at radius 1 is 0.269 bits per heavy atom. The first-order valence-electron chi connectivity index (χ1n) is 45.9. The first kappa shape index (κ1) is 106. The molecule has 0 spiro atoms. The van der Waals surface area contributed by atoms with Gasteiger partial charge in [-0.05, 0) is 43.4 Å². The van der Waals surface area contributed by atoms with E-state index in [9.17, 15) is 43.2 Å². The Hall–Kier alpha value is -1.94. The Morgan fingerprint density at radius 2 is 0.472 bits per heavy atom. The maximum Gasteiger partial charge on any atom is 0.472 e. The fraction of sp³-hybridized carbons (Fsp3) is 0.955. The summed E-state index contributed by atoms with van der Waals surface area (Å²) in [5.41, 5.74) is 0. The van der Waals surface area contributed by atoms with Crippen molar-refractivity contribution in [3.8, 4) is 0 Å². The van der Waals surface area contributed by atoms with E-state index in [-0.39, 0.29) is 25.7 Å². The van der Waals surface area contributed by atoms with Gasteiger partial charge in [0.05, 0.1) is 26.4 Å². The van der Waals surface area contributed by atoms with Crippen molar-refractivity contribution in [3.63, 3.8) is 0 Å². The highest BCUT2D eigenvalue weighted by Crippen LogP contribution is 2.45. The summed E-state index contributed by atoms with van der Waals surface area (Å²) in [5.74, 6) is 0.269. The van der Waals surface area contributed by atoms with E-state index in [2.05, 4.69) is 48.5 Å². The van der Waals surface area contributed by atoms with Crippen LogP contribution in [0.15, 0.2) is 0 Å². The van der Waals surface area contributed by atoms with Crippen LogP contribution in [-0.2, 0) is 65.4 Å². The van der Waals surface area contributed by atoms with Crippen molar-refractivity contribution in [2.45, 2.75) is 491 Å². The molecule has 0 heterocycles. The molecule has 0 fully saturated rings. The van der Waals surface area contributed by atoms with E-state index >= 15 is 0 Å². The lowest BCUT2D eigenvalue weighted by Crippen LogP contribution is -2.30. The summed E-state index contributed by atoms with van der Waals surface area (Å²) in [6.45, 7) is 12.0. The summed E-state index contributed by atoms with van der Waals surface area (Å²) < 4.78 is 69.0. The van der Waals surface area contributed by atoms with Crippen LogP contribution in [0.3, 0.4) is 0 Å². The molecule has 3 N–H and O–H groups in total. The third kappa shape index (κ3) is 80.7.